The van der Waals surface area contributed by atoms with E-state index in [1.165, 1.54) is 4.90 Å². The number of rotatable bonds is 14. The Morgan fingerprint density at radius 2 is 1.26 bits per heavy atom. The number of nitrogens with zero attached hydrogens (tertiary/aromatic N) is 3. The van der Waals surface area contributed by atoms with Gasteiger partial charge in [-0.1, -0.05) is 129 Å². The van der Waals surface area contributed by atoms with Crippen molar-refractivity contribution in [2.45, 2.75) is 102 Å². The van der Waals surface area contributed by atoms with Crippen LogP contribution in [-0.4, -0.2) is 95.4 Å². The average Bonchev–Trinajstić information content (AvgIpc) is 3.63. The number of likely N-dealkylation sites (tertiary alicyclic amines) is 2. The lowest BCUT2D eigenvalue weighted by molar-refractivity contribution is -0.161. The van der Waals surface area contributed by atoms with Gasteiger partial charge in [0, 0.05) is 32.5 Å². The summed E-state index contributed by atoms with van der Waals surface area (Å²) in [7, 11) is 1.61. The van der Waals surface area contributed by atoms with Gasteiger partial charge in [-0.3, -0.25) is 14.4 Å². The molecule has 0 bridgehead atoms. The van der Waals surface area contributed by atoms with Crippen molar-refractivity contribution in [3.63, 3.8) is 0 Å². The summed E-state index contributed by atoms with van der Waals surface area (Å²) in [4.78, 5) is 75.9. The molecule has 2 saturated heterocycles. The number of alkyl carbamates (subject to hydrolysis) is 1. The van der Waals surface area contributed by atoms with Crippen molar-refractivity contribution < 1.29 is 33.4 Å². The molecule has 4 aromatic carbocycles. The molecule has 1 N–H and O–H groups in total. The van der Waals surface area contributed by atoms with Crippen molar-refractivity contribution in [3.05, 3.63) is 131 Å². The number of hydrogen-bond donors (Lipinski definition) is 1. The van der Waals surface area contributed by atoms with Gasteiger partial charge in [0.05, 0.1) is 0 Å². The van der Waals surface area contributed by atoms with Crippen LogP contribution in [0.5, 0.6) is 0 Å². The molecule has 2 aliphatic heterocycles. The van der Waals surface area contributed by atoms with Crippen LogP contribution < -0.4 is 5.32 Å². The van der Waals surface area contributed by atoms with Crippen LogP contribution >= 0.6 is 0 Å². The van der Waals surface area contributed by atoms with E-state index in [-0.39, 0.29) is 49.2 Å². The van der Waals surface area contributed by atoms with Gasteiger partial charge in [-0.2, -0.15) is 0 Å². The van der Waals surface area contributed by atoms with Gasteiger partial charge in [-0.05, 0) is 77.8 Å². The number of hydrogen-bond acceptors (Lipinski definition) is 7. The quantitative estimate of drug-likeness (QED) is 0.131. The van der Waals surface area contributed by atoms with E-state index in [1.807, 2.05) is 98.8 Å². The summed E-state index contributed by atoms with van der Waals surface area (Å²) in [5, 5.41) is 2.90. The number of ether oxygens (including phenoxy) is 2. The van der Waals surface area contributed by atoms with E-state index in [4.69, 9.17) is 9.47 Å². The van der Waals surface area contributed by atoms with Crippen LogP contribution in [0, 0.1) is 5.92 Å². The summed E-state index contributed by atoms with van der Waals surface area (Å²) < 4.78 is 11.7. The molecule has 5 atom stereocenters. The molecule has 0 aromatic heterocycles. The zero-order valence-corrected chi connectivity index (χ0v) is 35.5. The normalized spacial score (nSPS) is 18.8. The molecule has 11 heteroatoms. The average molecular weight is 827 g/mol. The summed E-state index contributed by atoms with van der Waals surface area (Å²) in [6.07, 6.45) is 3.96. The summed E-state index contributed by atoms with van der Waals surface area (Å²) in [6.45, 7) is 4.77. The van der Waals surface area contributed by atoms with Gasteiger partial charge in [0.2, 0.25) is 17.7 Å². The van der Waals surface area contributed by atoms with Crippen molar-refractivity contribution in [2.24, 2.45) is 5.92 Å². The fraction of sp³-hybridized carbons (Fsp3) is 0.420. The van der Waals surface area contributed by atoms with E-state index in [0.717, 1.165) is 46.2 Å². The maximum absolute atomic E-state index is 14.8. The number of fused-ring (bicyclic) bond motifs is 3. The highest BCUT2D eigenvalue weighted by Gasteiger charge is 2.44. The van der Waals surface area contributed by atoms with Gasteiger partial charge in [0.25, 0.3) is 0 Å². The summed E-state index contributed by atoms with van der Waals surface area (Å²) in [5.74, 6) is -1.86. The van der Waals surface area contributed by atoms with E-state index in [2.05, 4.69) is 29.6 Å². The number of benzene rings is 4. The Morgan fingerprint density at radius 1 is 0.705 bits per heavy atom. The molecule has 320 valence electrons. The van der Waals surface area contributed by atoms with E-state index in [0.29, 0.717) is 45.2 Å². The second-order valence-electron chi connectivity index (χ2n) is 16.7. The molecule has 2 heterocycles. The molecule has 1 unspecified atom stereocenters. The monoisotopic (exact) mass is 826 g/mol. The number of carbonyl (C=O) groups is 5. The van der Waals surface area contributed by atoms with Gasteiger partial charge in [0.15, 0.2) is 0 Å². The Hall–Kier alpha value is -5.97. The van der Waals surface area contributed by atoms with Gasteiger partial charge in [0.1, 0.15) is 37.4 Å². The maximum atomic E-state index is 14.8. The topological polar surface area (TPSA) is 126 Å². The largest absolute Gasteiger partial charge is 0.459 e. The van der Waals surface area contributed by atoms with Crippen molar-refractivity contribution in [2.75, 3.05) is 26.7 Å². The van der Waals surface area contributed by atoms with E-state index in [1.54, 1.807) is 16.8 Å². The number of piperidine rings is 2. The molecule has 0 spiro atoms. The van der Waals surface area contributed by atoms with E-state index in [9.17, 15) is 24.0 Å². The van der Waals surface area contributed by atoms with Crippen molar-refractivity contribution in [3.8, 4) is 11.1 Å². The fourth-order valence-electron chi connectivity index (χ4n) is 9.15. The lowest BCUT2D eigenvalue weighted by atomic mass is 9.93. The molecule has 2 fully saturated rings. The zero-order chi connectivity index (χ0) is 42.9. The molecule has 3 aliphatic rings. The van der Waals surface area contributed by atoms with Crippen LogP contribution in [0.1, 0.15) is 87.0 Å². The van der Waals surface area contributed by atoms with Gasteiger partial charge >= 0.3 is 12.1 Å². The Balaban J connectivity index is 1.05. The number of esters is 1. The number of likely N-dealkylation sites (N-methyl/N-ethyl adjacent to an activating group) is 1. The summed E-state index contributed by atoms with van der Waals surface area (Å²) >= 11 is 0. The minimum Gasteiger partial charge on any atom is -0.459 e. The summed E-state index contributed by atoms with van der Waals surface area (Å²) in [5.41, 5.74) is 6.14. The third kappa shape index (κ3) is 9.82. The Morgan fingerprint density at radius 3 is 1.89 bits per heavy atom. The summed E-state index contributed by atoms with van der Waals surface area (Å²) in [6, 6.07) is 31.7. The third-order valence-electron chi connectivity index (χ3n) is 12.8. The minimum atomic E-state index is -0.925. The number of amides is 4. The van der Waals surface area contributed by atoms with Crippen molar-refractivity contribution in [1.82, 2.24) is 20.0 Å². The fourth-order valence-corrected chi connectivity index (χ4v) is 9.15. The smallest absolute Gasteiger partial charge is 0.407 e. The van der Waals surface area contributed by atoms with Crippen LogP contribution in [0.3, 0.4) is 0 Å². The van der Waals surface area contributed by atoms with Crippen LogP contribution in [0.2, 0.25) is 0 Å². The molecule has 0 saturated carbocycles. The Labute approximate surface area is 359 Å². The van der Waals surface area contributed by atoms with E-state index >= 15 is 0 Å². The predicted molar refractivity (Wildman–Crippen MR) is 233 cm³/mol. The second kappa shape index (κ2) is 20.1. The first-order chi connectivity index (χ1) is 29.7. The lowest BCUT2D eigenvalue weighted by Gasteiger charge is -2.44. The van der Waals surface area contributed by atoms with Crippen LogP contribution in [0.4, 0.5) is 4.79 Å². The van der Waals surface area contributed by atoms with Crippen molar-refractivity contribution >= 4 is 29.8 Å². The van der Waals surface area contributed by atoms with Gasteiger partial charge in [-0.25, -0.2) is 9.59 Å². The van der Waals surface area contributed by atoms with Crippen LogP contribution in [-0.2, 0) is 41.7 Å². The molecule has 4 aromatic rings. The van der Waals surface area contributed by atoms with Gasteiger partial charge < -0.3 is 29.5 Å². The maximum Gasteiger partial charge on any atom is 0.407 e. The van der Waals surface area contributed by atoms with E-state index < -0.39 is 36.2 Å². The minimum absolute atomic E-state index is 0.0698. The Kier molecular flexibility index (Phi) is 14.2. The highest BCUT2D eigenvalue weighted by molar-refractivity contribution is 5.95. The zero-order valence-electron chi connectivity index (χ0n) is 35.5. The molecule has 7 rings (SSSR count). The molecule has 0 radical (unpaired) electrons. The third-order valence-corrected chi connectivity index (χ3v) is 12.8. The molecule has 1 aliphatic carbocycles. The second-order valence-corrected chi connectivity index (χ2v) is 16.7. The molecular weight excluding hydrogens is 769 g/mol. The lowest BCUT2D eigenvalue weighted by Crippen LogP contribution is -2.62. The molecule has 11 nitrogen and oxygen atoms in total. The SMILES string of the molecule is CCC(C)[C@H](NC(=O)OCC1c2ccccc2-c2ccccc21)C(=O)N1CCCC[C@@H]1C(=O)N1CCCC[C@H]1C(=O)N(C)[C@H](Cc1ccccc1)C(=O)OCc1ccccc1. The first-order valence-corrected chi connectivity index (χ1v) is 21.9. The first-order valence-electron chi connectivity index (χ1n) is 21.9. The van der Waals surface area contributed by atoms with Gasteiger partial charge in [-0.15, -0.1) is 0 Å². The molecule has 4 amide bonds. The first kappa shape index (κ1) is 43.1. The van der Waals surface area contributed by atoms with Crippen molar-refractivity contribution in [1.29, 1.82) is 0 Å². The number of nitrogens with one attached hydrogen (secondary N) is 1. The molecule has 61 heavy (non-hydrogen) atoms. The standard InChI is InChI=1S/C50H58N4O7/c1-4-34(2)45(51-50(59)61-33-41-39-25-13-11-23-37(39)38-24-12-14-26-40(38)41)48(57)54-30-18-16-28-43(54)47(56)53-29-17-15-27-42(53)46(55)52(3)44(31-35-19-7-5-8-20-35)49(58)60-32-36-21-9-6-10-22-36/h5-14,19-26,34,41-45H,4,15-18,27-33H2,1-3H3,(H,51,59)/t34?,42-,43+,44+,45-/m0/s1. The molecular formula is C50H58N4O7. The van der Waals surface area contributed by atoms with Crippen LogP contribution in [0.25, 0.3) is 11.1 Å². The Bertz CT molecular complexity index is 2120. The van der Waals surface area contributed by atoms with Crippen LogP contribution in [0.15, 0.2) is 109 Å². The number of carbonyl (C=O) groups excluding carboxylic acids is 5. The highest BCUT2D eigenvalue weighted by atomic mass is 16.5. The highest BCUT2D eigenvalue weighted by Crippen LogP contribution is 2.44. The predicted octanol–water partition coefficient (Wildman–Crippen LogP) is 7.52.